The number of nitrogens with one attached hydrogen (secondary N) is 1. The second-order valence-electron chi connectivity index (χ2n) is 4.34. The highest BCUT2D eigenvalue weighted by atomic mass is 16.5. The van der Waals surface area contributed by atoms with Crippen LogP contribution in [0.3, 0.4) is 0 Å². The van der Waals surface area contributed by atoms with Crippen LogP contribution in [0.2, 0.25) is 0 Å². The van der Waals surface area contributed by atoms with Crippen LogP contribution in [0, 0.1) is 0 Å². The van der Waals surface area contributed by atoms with Gasteiger partial charge in [-0.2, -0.15) is 0 Å². The molecule has 2 unspecified atom stereocenters. The van der Waals surface area contributed by atoms with Gasteiger partial charge in [-0.25, -0.2) is 0 Å². The Bertz CT molecular complexity index is 320. The van der Waals surface area contributed by atoms with E-state index in [1.54, 1.807) is 0 Å². The van der Waals surface area contributed by atoms with Gasteiger partial charge in [0.15, 0.2) is 0 Å². The summed E-state index contributed by atoms with van der Waals surface area (Å²) in [5.41, 5.74) is 1.14. The standard InChI is InChI=1S/C11H20N4O/c1-12-10(11-8-13-14-15(11)2)6-5-9-4-3-7-16-9/h8-10,12H,3-7H2,1-2H3. The lowest BCUT2D eigenvalue weighted by Crippen LogP contribution is -2.21. The molecule has 2 rings (SSSR count). The van der Waals surface area contributed by atoms with E-state index in [2.05, 4.69) is 15.6 Å². The van der Waals surface area contributed by atoms with Crippen LogP contribution in [0.4, 0.5) is 0 Å². The Morgan fingerprint density at radius 2 is 2.56 bits per heavy atom. The maximum absolute atomic E-state index is 5.63. The highest BCUT2D eigenvalue weighted by molar-refractivity contribution is 5.01. The van der Waals surface area contributed by atoms with Crippen LogP contribution in [0.1, 0.15) is 37.4 Å². The van der Waals surface area contributed by atoms with E-state index in [9.17, 15) is 0 Å². The molecule has 1 aromatic rings. The highest BCUT2D eigenvalue weighted by Gasteiger charge is 2.19. The fourth-order valence-corrected chi connectivity index (χ4v) is 2.28. The topological polar surface area (TPSA) is 52.0 Å². The van der Waals surface area contributed by atoms with E-state index in [1.165, 1.54) is 12.8 Å². The summed E-state index contributed by atoms with van der Waals surface area (Å²) in [5.74, 6) is 0. The maximum Gasteiger partial charge on any atom is 0.0753 e. The van der Waals surface area contributed by atoms with Gasteiger partial charge >= 0.3 is 0 Å². The molecule has 1 saturated heterocycles. The molecule has 0 radical (unpaired) electrons. The molecule has 2 heterocycles. The minimum atomic E-state index is 0.323. The van der Waals surface area contributed by atoms with Crippen molar-refractivity contribution in [3.8, 4) is 0 Å². The first-order chi connectivity index (χ1) is 7.81. The smallest absolute Gasteiger partial charge is 0.0753 e. The lowest BCUT2D eigenvalue weighted by Gasteiger charge is -2.17. The molecule has 1 aliphatic heterocycles. The van der Waals surface area contributed by atoms with Gasteiger partial charge in [-0.15, -0.1) is 5.10 Å². The Labute approximate surface area is 96.2 Å². The molecule has 0 aliphatic carbocycles. The zero-order chi connectivity index (χ0) is 11.4. The largest absolute Gasteiger partial charge is 0.378 e. The lowest BCUT2D eigenvalue weighted by molar-refractivity contribution is 0.0996. The SMILES string of the molecule is CNC(CCC1CCCO1)c1cnnn1C. The molecule has 1 N–H and O–H groups in total. The molecule has 0 bridgehead atoms. The summed E-state index contributed by atoms with van der Waals surface area (Å²) in [5, 5.41) is 11.2. The number of nitrogens with zero attached hydrogens (tertiary/aromatic N) is 3. The molecule has 0 aromatic carbocycles. The Morgan fingerprint density at radius 3 is 3.12 bits per heavy atom. The van der Waals surface area contributed by atoms with Crippen molar-refractivity contribution in [3.63, 3.8) is 0 Å². The minimum Gasteiger partial charge on any atom is -0.378 e. The molecule has 1 aliphatic rings. The Balaban J connectivity index is 1.88. The van der Waals surface area contributed by atoms with Crippen molar-refractivity contribution in [2.24, 2.45) is 7.05 Å². The minimum absolute atomic E-state index is 0.323. The zero-order valence-corrected chi connectivity index (χ0v) is 10.0. The lowest BCUT2D eigenvalue weighted by atomic mass is 10.0. The summed E-state index contributed by atoms with van der Waals surface area (Å²) in [6.07, 6.45) is 6.88. The van der Waals surface area contributed by atoms with Crippen molar-refractivity contribution in [1.29, 1.82) is 0 Å². The van der Waals surface area contributed by atoms with Crippen molar-refractivity contribution in [1.82, 2.24) is 20.3 Å². The summed E-state index contributed by atoms with van der Waals surface area (Å²) in [7, 11) is 3.91. The second-order valence-corrected chi connectivity index (χ2v) is 4.34. The zero-order valence-electron chi connectivity index (χ0n) is 10.0. The Morgan fingerprint density at radius 1 is 1.69 bits per heavy atom. The van der Waals surface area contributed by atoms with Crippen molar-refractivity contribution in [2.75, 3.05) is 13.7 Å². The van der Waals surface area contributed by atoms with Gasteiger partial charge in [0, 0.05) is 13.7 Å². The fourth-order valence-electron chi connectivity index (χ4n) is 2.28. The van der Waals surface area contributed by atoms with E-state index in [1.807, 2.05) is 25.0 Å². The first-order valence-electron chi connectivity index (χ1n) is 5.94. The van der Waals surface area contributed by atoms with Gasteiger partial charge in [0.25, 0.3) is 0 Å². The number of rotatable bonds is 5. The summed E-state index contributed by atoms with van der Waals surface area (Å²) in [4.78, 5) is 0. The van der Waals surface area contributed by atoms with Gasteiger partial charge in [0.2, 0.25) is 0 Å². The molecule has 90 valence electrons. The van der Waals surface area contributed by atoms with Crippen molar-refractivity contribution in [2.45, 2.75) is 37.8 Å². The number of hydrogen-bond donors (Lipinski definition) is 1. The van der Waals surface area contributed by atoms with Gasteiger partial charge < -0.3 is 10.1 Å². The normalized spacial score (nSPS) is 22.5. The average molecular weight is 224 g/mol. The van der Waals surface area contributed by atoms with Crippen molar-refractivity contribution >= 4 is 0 Å². The van der Waals surface area contributed by atoms with E-state index in [0.717, 1.165) is 25.1 Å². The van der Waals surface area contributed by atoms with Crippen molar-refractivity contribution in [3.05, 3.63) is 11.9 Å². The average Bonchev–Trinajstić information content (AvgIpc) is 2.92. The molecule has 0 amide bonds. The van der Waals surface area contributed by atoms with Crippen molar-refractivity contribution < 1.29 is 4.74 Å². The quantitative estimate of drug-likeness (QED) is 0.811. The molecule has 2 atom stereocenters. The van der Waals surface area contributed by atoms with Crippen LogP contribution in [0.15, 0.2) is 6.20 Å². The van der Waals surface area contributed by atoms with Crippen LogP contribution in [-0.2, 0) is 11.8 Å². The molecule has 0 spiro atoms. The fraction of sp³-hybridized carbons (Fsp3) is 0.818. The summed E-state index contributed by atoms with van der Waals surface area (Å²) in [6.45, 7) is 0.933. The van der Waals surface area contributed by atoms with Gasteiger partial charge in [0.1, 0.15) is 0 Å². The third kappa shape index (κ3) is 2.59. The second kappa shape index (κ2) is 5.41. The monoisotopic (exact) mass is 224 g/mol. The molecule has 5 heteroatoms. The maximum atomic E-state index is 5.63. The van der Waals surface area contributed by atoms with E-state index in [4.69, 9.17) is 4.74 Å². The van der Waals surface area contributed by atoms with Crippen LogP contribution < -0.4 is 5.32 Å². The van der Waals surface area contributed by atoms with Gasteiger partial charge in [-0.05, 0) is 32.7 Å². The van der Waals surface area contributed by atoms with Crippen LogP contribution in [0.25, 0.3) is 0 Å². The third-order valence-corrected chi connectivity index (χ3v) is 3.26. The van der Waals surface area contributed by atoms with Crippen LogP contribution in [-0.4, -0.2) is 34.8 Å². The molecular formula is C11H20N4O. The van der Waals surface area contributed by atoms with E-state index >= 15 is 0 Å². The van der Waals surface area contributed by atoms with Gasteiger partial charge in [-0.1, -0.05) is 5.21 Å². The number of aryl methyl sites for hydroxylation is 1. The summed E-state index contributed by atoms with van der Waals surface area (Å²) < 4.78 is 7.46. The van der Waals surface area contributed by atoms with Crippen LogP contribution >= 0.6 is 0 Å². The molecule has 1 aromatic heterocycles. The molecular weight excluding hydrogens is 204 g/mol. The predicted molar refractivity (Wildman–Crippen MR) is 61.0 cm³/mol. The summed E-state index contributed by atoms with van der Waals surface area (Å²) >= 11 is 0. The highest BCUT2D eigenvalue weighted by Crippen LogP contribution is 2.22. The Hall–Kier alpha value is -0.940. The van der Waals surface area contributed by atoms with E-state index < -0.39 is 0 Å². The first kappa shape index (κ1) is 11.5. The molecule has 0 saturated carbocycles. The van der Waals surface area contributed by atoms with Gasteiger partial charge in [-0.3, -0.25) is 4.68 Å². The van der Waals surface area contributed by atoms with Crippen LogP contribution in [0.5, 0.6) is 0 Å². The predicted octanol–water partition coefficient (Wildman–Crippen LogP) is 1.03. The Kier molecular flexibility index (Phi) is 3.90. The first-order valence-corrected chi connectivity index (χ1v) is 5.94. The van der Waals surface area contributed by atoms with E-state index in [0.29, 0.717) is 12.1 Å². The molecule has 5 nitrogen and oxygen atoms in total. The summed E-state index contributed by atoms with van der Waals surface area (Å²) in [6, 6.07) is 0.323. The van der Waals surface area contributed by atoms with E-state index in [-0.39, 0.29) is 0 Å². The van der Waals surface area contributed by atoms with Gasteiger partial charge in [0.05, 0.1) is 24.0 Å². The number of hydrogen-bond acceptors (Lipinski definition) is 4. The number of ether oxygens (including phenoxy) is 1. The third-order valence-electron chi connectivity index (χ3n) is 3.26. The molecule has 1 fully saturated rings. The molecule has 16 heavy (non-hydrogen) atoms. The number of aromatic nitrogens is 3.